The number of ether oxygens (including phenoxy) is 1. The van der Waals surface area contributed by atoms with Crippen LogP contribution < -0.4 is 4.74 Å². The lowest BCUT2D eigenvalue weighted by molar-refractivity contribution is -0.274. The molecule has 4 rings (SSSR count). The molecule has 1 aromatic heterocycles. The van der Waals surface area contributed by atoms with Gasteiger partial charge in [-0.2, -0.15) is 0 Å². The Kier molecular flexibility index (Phi) is 5.68. The molecule has 0 saturated carbocycles. The fraction of sp³-hybridized carbons (Fsp3) is 0.130. The molecule has 0 aliphatic carbocycles. The van der Waals surface area contributed by atoms with E-state index in [2.05, 4.69) is 4.74 Å². The van der Waals surface area contributed by atoms with Crippen LogP contribution in [0, 0.1) is 6.92 Å². The maximum atomic E-state index is 13.2. The minimum atomic E-state index is -4.92. The van der Waals surface area contributed by atoms with E-state index >= 15 is 0 Å². The fourth-order valence-corrected chi connectivity index (χ4v) is 5.11. The second-order valence-corrected chi connectivity index (χ2v) is 9.53. The van der Waals surface area contributed by atoms with Crippen molar-refractivity contribution in [1.82, 2.24) is 3.97 Å². The van der Waals surface area contributed by atoms with Gasteiger partial charge in [0.15, 0.2) is 0 Å². The summed E-state index contributed by atoms with van der Waals surface area (Å²) in [7, 11) is -4.16. The first-order valence-electron chi connectivity index (χ1n) is 9.49. The lowest BCUT2D eigenvalue weighted by Gasteiger charge is -2.12. The Bertz CT molecular complexity index is 1410. The van der Waals surface area contributed by atoms with Crippen LogP contribution >= 0.6 is 11.6 Å². The fourth-order valence-electron chi connectivity index (χ4n) is 3.43. The summed E-state index contributed by atoms with van der Waals surface area (Å²) >= 11 is 6.33. The number of hydrogen-bond acceptors (Lipinski definition) is 3. The highest BCUT2D eigenvalue weighted by atomic mass is 35.5. The maximum Gasteiger partial charge on any atom is 0.573 e. The van der Waals surface area contributed by atoms with E-state index in [1.807, 2.05) is 31.2 Å². The number of rotatable bonds is 5. The average Bonchev–Trinajstić information content (AvgIpc) is 3.13. The van der Waals surface area contributed by atoms with Crippen molar-refractivity contribution in [3.63, 3.8) is 0 Å². The molecule has 0 unspecified atom stereocenters. The van der Waals surface area contributed by atoms with Gasteiger partial charge in [0, 0.05) is 22.7 Å². The standard InChI is InChI=1S/C23H17ClF3NO3S/c1-15-5-7-18(21(24)11-15)12-16-6-8-17-9-10-28(22(17)13-16)32(29,30)20-4-2-3-19(14-20)31-23(25,26)27/h2-11,13-14H,12H2,1H3. The van der Waals surface area contributed by atoms with Gasteiger partial charge in [-0.15, -0.1) is 13.2 Å². The topological polar surface area (TPSA) is 48.3 Å². The highest BCUT2D eigenvalue weighted by Crippen LogP contribution is 2.29. The monoisotopic (exact) mass is 479 g/mol. The predicted octanol–water partition coefficient (Wildman–Crippen LogP) is 6.33. The second kappa shape index (κ2) is 8.18. The summed E-state index contributed by atoms with van der Waals surface area (Å²) in [5, 5.41) is 1.30. The number of benzene rings is 3. The zero-order valence-electron chi connectivity index (χ0n) is 16.7. The van der Waals surface area contributed by atoms with Crippen molar-refractivity contribution in [2.75, 3.05) is 0 Å². The highest BCUT2D eigenvalue weighted by molar-refractivity contribution is 7.90. The quantitative estimate of drug-likeness (QED) is 0.336. The third-order valence-corrected chi connectivity index (χ3v) is 6.96. The van der Waals surface area contributed by atoms with Crippen LogP contribution in [-0.4, -0.2) is 18.8 Å². The van der Waals surface area contributed by atoms with E-state index in [0.717, 1.165) is 32.8 Å². The maximum absolute atomic E-state index is 13.2. The van der Waals surface area contributed by atoms with Crippen molar-refractivity contribution in [2.45, 2.75) is 24.6 Å². The molecular formula is C23H17ClF3NO3S. The molecule has 166 valence electrons. The summed E-state index contributed by atoms with van der Waals surface area (Å²) in [6.07, 6.45) is -3.05. The molecule has 0 radical (unpaired) electrons. The first-order valence-corrected chi connectivity index (χ1v) is 11.3. The van der Waals surface area contributed by atoms with Crippen molar-refractivity contribution in [3.8, 4) is 5.75 Å². The summed E-state index contributed by atoms with van der Waals surface area (Å²) in [6, 6.07) is 17.1. The Labute approximate surface area is 187 Å². The molecule has 0 bridgehead atoms. The van der Waals surface area contributed by atoms with Crippen molar-refractivity contribution < 1.29 is 26.3 Å². The molecular weight excluding hydrogens is 463 g/mol. The van der Waals surface area contributed by atoms with E-state index in [1.54, 1.807) is 18.2 Å². The Balaban J connectivity index is 1.73. The van der Waals surface area contributed by atoms with E-state index in [4.69, 9.17) is 11.6 Å². The number of nitrogens with zero attached hydrogens (tertiary/aromatic N) is 1. The van der Waals surface area contributed by atoms with Crippen molar-refractivity contribution >= 4 is 32.5 Å². The van der Waals surface area contributed by atoms with Gasteiger partial charge in [0.25, 0.3) is 10.0 Å². The summed E-state index contributed by atoms with van der Waals surface area (Å²) in [5.74, 6) is -0.607. The van der Waals surface area contributed by atoms with E-state index in [9.17, 15) is 21.6 Å². The molecule has 9 heteroatoms. The van der Waals surface area contributed by atoms with Crippen LogP contribution in [0.1, 0.15) is 16.7 Å². The van der Waals surface area contributed by atoms with Crippen molar-refractivity contribution in [1.29, 1.82) is 0 Å². The van der Waals surface area contributed by atoms with E-state index in [1.165, 1.54) is 18.3 Å². The zero-order valence-corrected chi connectivity index (χ0v) is 18.3. The Morgan fingerprint density at radius 1 is 1.00 bits per heavy atom. The molecule has 4 nitrogen and oxygen atoms in total. The Hall–Kier alpha value is -2.97. The normalized spacial score (nSPS) is 12.3. The number of alkyl halides is 3. The predicted molar refractivity (Wildman–Crippen MR) is 117 cm³/mol. The van der Waals surface area contributed by atoms with Crippen LogP contribution in [0.25, 0.3) is 10.9 Å². The van der Waals surface area contributed by atoms with Crippen molar-refractivity contribution in [3.05, 3.63) is 94.6 Å². The molecule has 0 N–H and O–H groups in total. The lowest BCUT2D eigenvalue weighted by Crippen LogP contribution is -2.18. The molecule has 0 saturated heterocycles. The van der Waals surface area contributed by atoms with Crippen LogP contribution in [0.5, 0.6) is 5.75 Å². The molecule has 0 spiro atoms. The minimum absolute atomic E-state index is 0.316. The largest absolute Gasteiger partial charge is 0.573 e. The van der Waals surface area contributed by atoms with Gasteiger partial charge in [-0.3, -0.25) is 0 Å². The summed E-state index contributed by atoms with van der Waals surface area (Å²) in [4.78, 5) is -0.316. The zero-order chi connectivity index (χ0) is 23.1. The molecule has 0 aliphatic rings. The number of aromatic nitrogens is 1. The molecule has 3 aromatic carbocycles. The van der Waals surface area contributed by atoms with Crippen LogP contribution in [-0.2, 0) is 16.4 Å². The summed E-state index contributed by atoms with van der Waals surface area (Å²) in [5.41, 5.74) is 3.18. The molecule has 0 fully saturated rings. The first-order chi connectivity index (χ1) is 15.0. The lowest BCUT2D eigenvalue weighted by atomic mass is 10.0. The van der Waals surface area contributed by atoms with Gasteiger partial charge in [0.1, 0.15) is 5.75 Å². The third kappa shape index (κ3) is 4.61. The molecule has 0 amide bonds. The smallest absolute Gasteiger partial charge is 0.406 e. The molecule has 32 heavy (non-hydrogen) atoms. The van der Waals surface area contributed by atoms with Gasteiger partial charge in [-0.05, 0) is 60.4 Å². The van der Waals surface area contributed by atoms with Crippen LogP contribution in [0.2, 0.25) is 5.02 Å². The number of hydrogen-bond donors (Lipinski definition) is 0. The van der Waals surface area contributed by atoms with Gasteiger partial charge < -0.3 is 4.74 Å². The van der Waals surface area contributed by atoms with Gasteiger partial charge in [0.05, 0.1) is 10.4 Å². The number of aryl methyl sites for hydroxylation is 1. The minimum Gasteiger partial charge on any atom is -0.406 e. The molecule has 4 aromatic rings. The second-order valence-electron chi connectivity index (χ2n) is 7.30. The highest BCUT2D eigenvalue weighted by Gasteiger charge is 2.31. The number of halogens is 4. The van der Waals surface area contributed by atoms with Gasteiger partial charge >= 0.3 is 6.36 Å². The van der Waals surface area contributed by atoms with Crippen LogP contribution in [0.15, 0.2) is 77.8 Å². The molecule has 0 atom stereocenters. The summed E-state index contributed by atoms with van der Waals surface area (Å²) < 4.78 is 68.9. The summed E-state index contributed by atoms with van der Waals surface area (Å²) in [6.45, 7) is 1.94. The van der Waals surface area contributed by atoms with Crippen LogP contribution in [0.3, 0.4) is 0 Å². The Morgan fingerprint density at radius 2 is 1.78 bits per heavy atom. The average molecular weight is 480 g/mol. The SMILES string of the molecule is Cc1ccc(Cc2ccc3ccn(S(=O)(=O)c4cccc(OC(F)(F)F)c4)c3c2)c(Cl)c1. The van der Waals surface area contributed by atoms with E-state index < -0.39 is 22.1 Å². The van der Waals surface area contributed by atoms with Gasteiger partial charge in [0.2, 0.25) is 0 Å². The van der Waals surface area contributed by atoms with Gasteiger partial charge in [-0.1, -0.05) is 41.9 Å². The Morgan fingerprint density at radius 3 is 2.50 bits per heavy atom. The van der Waals surface area contributed by atoms with E-state index in [0.29, 0.717) is 22.3 Å². The van der Waals surface area contributed by atoms with Crippen molar-refractivity contribution in [2.24, 2.45) is 0 Å². The first kappa shape index (κ1) is 22.2. The number of fused-ring (bicyclic) bond motifs is 1. The van der Waals surface area contributed by atoms with E-state index in [-0.39, 0.29) is 4.90 Å². The third-order valence-electron chi connectivity index (χ3n) is 4.92. The van der Waals surface area contributed by atoms with Gasteiger partial charge in [-0.25, -0.2) is 12.4 Å². The molecule has 1 heterocycles. The van der Waals surface area contributed by atoms with Crippen LogP contribution in [0.4, 0.5) is 13.2 Å². The molecule has 0 aliphatic heterocycles.